The van der Waals surface area contributed by atoms with Crippen molar-refractivity contribution in [3.05, 3.63) is 23.8 Å². The number of esters is 1. The topological polar surface area (TPSA) is 44.8 Å². The molecule has 100 valence electrons. The van der Waals surface area contributed by atoms with Crippen LogP contribution in [0.25, 0.3) is 0 Å². The van der Waals surface area contributed by atoms with E-state index >= 15 is 0 Å². The number of methoxy groups -OCH3 is 2. The average molecular weight is 252 g/mol. The Hall–Kier alpha value is -1.71. The molecule has 0 aromatic heterocycles. The van der Waals surface area contributed by atoms with Crippen LogP contribution in [0.5, 0.6) is 11.5 Å². The van der Waals surface area contributed by atoms with Gasteiger partial charge in [0.15, 0.2) is 11.5 Å². The van der Waals surface area contributed by atoms with E-state index in [2.05, 4.69) is 11.7 Å². The first kappa shape index (κ1) is 14.4. The van der Waals surface area contributed by atoms with Crippen molar-refractivity contribution in [2.24, 2.45) is 0 Å². The summed E-state index contributed by atoms with van der Waals surface area (Å²) in [4.78, 5) is 11.4. The van der Waals surface area contributed by atoms with E-state index in [1.54, 1.807) is 25.3 Å². The van der Waals surface area contributed by atoms with Crippen molar-refractivity contribution in [3.63, 3.8) is 0 Å². The SMILES string of the molecule is CCCCCOc1ccc(C(=O)OC)cc1OC. The van der Waals surface area contributed by atoms with E-state index in [-0.39, 0.29) is 5.97 Å². The van der Waals surface area contributed by atoms with Crippen LogP contribution in [0.4, 0.5) is 0 Å². The zero-order valence-corrected chi connectivity index (χ0v) is 11.2. The molecule has 0 aliphatic rings. The fourth-order valence-corrected chi connectivity index (χ4v) is 1.57. The summed E-state index contributed by atoms with van der Waals surface area (Å²) in [5.41, 5.74) is 0.454. The lowest BCUT2D eigenvalue weighted by atomic mass is 10.2. The van der Waals surface area contributed by atoms with Gasteiger partial charge >= 0.3 is 5.97 Å². The molecule has 0 fully saturated rings. The maximum absolute atomic E-state index is 11.4. The van der Waals surface area contributed by atoms with Crippen LogP contribution in [0.1, 0.15) is 36.5 Å². The van der Waals surface area contributed by atoms with Crippen LogP contribution in [0, 0.1) is 0 Å². The van der Waals surface area contributed by atoms with E-state index in [0.717, 1.165) is 19.3 Å². The van der Waals surface area contributed by atoms with E-state index in [0.29, 0.717) is 23.7 Å². The number of carbonyl (C=O) groups is 1. The highest BCUT2D eigenvalue weighted by Gasteiger charge is 2.11. The molecule has 0 unspecified atom stereocenters. The van der Waals surface area contributed by atoms with Crippen LogP contribution in [-0.4, -0.2) is 26.8 Å². The van der Waals surface area contributed by atoms with Crippen molar-refractivity contribution in [1.82, 2.24) is 0 Å². The maximum Gasteiger partial charge on any atom is 0.337 e. The van der Waals surface area contributed by atoms with Crippen LogP contribution >= 0.6 is 0 Å². The summed E-state index contributed by atoms with van der Waals surface area (Å²) in [7, 11) is 2.90. The predicted molar refractivity (Wildman–Crippen MR) is 69.4 cm³/mol. The minimum absolute atomic E-state index is 0.383. The van der Waals surface area contributed by atoms with Crippen molar-refractivity contribution in [2.75, 3.05) is 20.8 Å². The lowest BCUT2D eigenvalue weighted by molar-refractivity contribution is 0.0600. The van der Waals surface area contributed by atoms with Gasteiger partial charge in [0.05, 0.1) is 26.4 Å². The Kier molecular flexibility index (Phi) is 6.05. The summed E-state index contributed by atoms with van der Waals surface area (Å²) in [5, 5.41) is 0. The molecule has 0 amide bonds. The number of hydrogen-bond donors (Lipinski definition) is 0. The van der Waals surface area contributed by atoms with Crippen LogP contribution < -0.4 is 9.47 Å². The third-order valence-corrected chi connectivity index (χ3v) is 2.59. The molecule has 1 rings (SSSR count). The van der Waals surface area contributed by atoms with Crippen molar-refractivity contribution < 1.29 is 19.0 Å². The summed E-state index contributed by atoms with van der Waals surface area (Å²) in [6.07, 6.45) is 3.31. The molecule has 0 radical (unpaired) electrons. The first-order chi connectivity index (χ1) is 8.72. The number of unbranched alkanes of at least 4 members (excludes halogenated alkanes) is 2. The van der Waals surface area contributed by atoms with Crippen LogP contribution in [0.3, 0.4) is 0 Å². The van der Waals surface area contributed by atoms with E-state index in [9.17, 15) is 4.79 Å². The number of ether oxygens (including phenoxy) is 3. The molecule has 4 heteroatoms. The highest BCUT2D eigenvalue weighted by atomic mass is 16.5. The summed E-state index contributed by atoms with van der Waals surface area (Å²) < 4.78 is 15.5. The van der Waals surface area contributed by atoms with Gasteiger partial charge in [-0.2, -0.15) is 0 Å². The van der Waals surface area contributed by atoms with Crippen molar-refractivity contribution in [1.29, 1.82) is 0 Å². The van der Waals surface area contributed by atoms with Gasteiger partial charge < -0.3 is 14.2 Å². The fraction of sp³-hybridized carbons (Fsp3) is 0.500. The second-order valence-corrected chi connectivity index (χ2v) is 3.91. The molecule has 0 heterocycles. The first-order valence-electron chi connectivity index (χ1n) is 6.12. The number of hydrogen-bond acceptors (Lipinski definition) is 4. The molecule has 0 saturated carbocycles. The minimum atomic E-state index is -0.383. The molecule has 0 atom stereocenters. The highest BCUT2D eigenvalue weighted by molar-refractivity contribution is 5.90. The monoisotopic (exact) mass is 252 g/mol. The Morgan fingerprint density at radius 1 is 1.17 bits per heavy atom. The predicted octanol–water partition coefficient (Wildman–Crippen LogP) is 3.05. The van der Waals surface area contributed by atoms with E-state index in [1.807, 2.05) is 0 Å². The smallest absolute Gasteiger partial charge is 0.337 e. The molecule has 0 spiro atoms. The van der Waals surface area contributed by atoms with E-state index < -0.39 is 0 Å². The van der Waals surface area contributed by atoms with Gasteiger partial charge in [-0.1, -0.05) is 19.8 Å². The third-order valence-electron chi connectivity index (χ3n) is 2.59. The Balaban J connectivity index is 2.71. The Morgan fingerprint density at radius 3 is 2.56 bits per heavy atom. The van der Waals surface area contributed by atoms with Gasteiger partial charge in [0.25, 0.3) is 0 Å². The molecule has 0 saturated heterocycles. The van der Waals surface area contributed by atoms with Crippen LogP contribution in [-0.2, 0) is 4.74 Å². The van der Waals surface area contributed by atoms with Crippen LogP contribution in [0.15, 0.2) is 18.2 Å². The molecule has 18 heavy (non-hydrogen) atoms. The van der Waals surface area contributed by atoms with Gasteiger partial charge in [0.1, 0.15) is 0 Å². The maximum atomic E-state index is 11.4. The fourth-order valence-electron chi connectivity index (χ4n) is 1.57. The Bertz CT molecular complexity index is 387. The van der Waals surface area contributed by atoms with Gasteiger partial charge in [-0.15, -0.1) is 0 Å². The summed E-state index contributed by atoms with van der Waals surface area (Å²) in [6, 6.07) is 5.03. The molecule has 0 N–H and O–H groups in total. The molecule has 1 aromatic carbocycles. The molecule has 0 aliphatic carbocycles. The van der Waals surface area contributed by atoms with Gasteiger partial charge in [-0.3, -0.25) is 0 Å². The van der Waals surface area contributed by atoms with Crippen molar-refractivity contribution >= 4 is 5.97 Å². The van der Waals surface area contributed by atoms with Gasteiger partial charge in [0.2, 0.25) is 0 Å². The first-order valence-corrected chi connectivity index (χ1v) is 6.12. The highest BCUT2D eigenvalue weighted by Crippen LogP contribution is 2.28. The quantitative estimate of drug-likeness (QED) is 0.552. The minimum Gasteiger partial charge on any atom is -0.493 e. The molecule has 0 bridgehead atoms. The van der Waals surface area contributed by atoms with E-state index in [1.165, 1.54) is 7.11 Å². The zero-order chi connectivity index (χ0) is 13.4. The van der Waals surface area contributed by atoms with Crippen LogP contribution in [0.2, 0.25) is 0 Å². The zero-order valence-electron chi connectivity index (χ0n) is 11.2. The lowest BCUT2D eigenvalue weighted by Gasteiger charge is -2.11. The number of rotatable bonds is 7. The molecular weight excluding hydrogens is 232 g/mol. The van der Waals surface area contributed by atoms with Gasteiger partial charge in [-0.25, -0.2) is 4.79 Å². The van der Waals surface area contributed by atoms with E-state index in [4.69, 9.17) is 9.47 Å². The molecular formula is C14H20O4. The molecule has 0 aliphatic heterocycles. The largest absolute Gasteiger partial charge is 0.493 e. The normalized spacial score (nSPS) is 9.94. The van der Waals surface area contributed by atoms with Gasteiger partial charge in [0, 0.05) is 0 Å². The summed E-state index contributed by atoms with van der Waals surface area (Å²) in [5.74, 6) is 0.821. The summed E-state index contributed by atoms with van der Waals surface area (Å²) in [6.45, 7) is 2.80. The third kappa shape index (κ3) is 3.95. The second-order valence-electron chi connectivity index (χ2n) is 3.91. The standard InChI is InChI=1S/C14H20O4/c1-4-5-6-9-18-12-8-7-11(14(15)17-3)10-13(12)16-2/h7-8,10H,4-6,9H2,1-3H3. The van der Waals surface area contributed by atoms with Crippen molar-refractivity contribution in [3.8, 4) is 11.5 Å². The number of carbonyl (C=O) groups excluding carboxylic acids is 1. The molecule has 4 nitrogen and oxygen atoms in total. The summed E-state index contributed by atoms with van der Waals surface area (Å²) >= 11 is 0. The lowest BCUT2D eigenvalue weighted by Crippen LogP contribution is -2.03. The molecule has 1 aromatic rings. The van der Waals surface area contributed by atoms with Gasteiger partial charge in [-0.05, 0) is 24.6 Å². The Labute approximate surface area is 108 Å². The average Bonchev–Trinajstić information content (AvgIpc) is 2.42. The van der Waals surface area contributed by atoms with Crippen molar-refractivity contribution in [2.45, 2.75) is 26.2 Å². The number of benzene rings is 1. The Morgan fingerprint density at radius 2 is 1.94 bits per heavy atom. The second kappa shape index (κ2) is 7.58.